The van der Waals surface area contributed by atoms with Crippen LogP contribution in [0.15, 0.2) is 42.6 Å². The maximum absolute atomic E-state index is 12.6. The zero-order chi connectivity index (χ0) is 18.0. The summed E-state index contributed by atoms with van der Waals surface area (Å²) in [4.78, 5) is 28.6. The molecule has 1 aromatic carbocycles. The summed E-state index contributed by atoms with van der Waals surface area (Å²) >= 11 is 0. The van der Waals surface area contributed by atoms with Gasteiger partial charge >= 0.3 is 0 Å². The van der Waals surface area contributed by atoms with Gasteiger partial charge in [0.2, 0.25) is 5.91 Å². The van der Waals surface area contributed by atoms with Crippen molar-refractivity contribution in [1.82, 2.24) is 9.38 Å². The van der Waals surface area contributed by atoms with Gasteiger partial charge in [-0.05, 0) is 44.2 Å². The van der Waals surface area contributed by atoms with Gasteiger partial charge < -0.3 is 15.0 Å². The Morgan fingerprint density at radius 2 is 1.80 bits per heavy atom. The quantitative estimate of drug-likeness (QED) is 0.765. The molecule has 0 saturated carbocycles. The lowest BCUT2D eigenvalue weighted by Crippen LogP contribution is -2.13. The van der Waals surface area contributed by atoms with E-state index >= 15 is 0 Å². The number of carbonyl (C=O) groups is 2. The fourth-order valence-corrected chi connectivity index (χ4v) is 2.69. The number of nitrogens with zero attached hydrogens (tertiary/aromatic N) is 2. The summed E-state index contributed by atoms with van der Waals surface area (Å²) in [6, 6.07) is 10.8. The maximum Gasteiger partial charge on any atom is 0.259 e. The number of amides is 2. The van der Waals surface area contributed by atoms with Crippen LogP contribution in [0.3, 0.4) is 0 Å². The normalized spacial score (nSPS) is 10.7. The highest BCUT2D eigenvalue weighted by atomic mass is 16.2. The molecule has 0 radical (unpaired) electrons. The monoisotopic (exact) mass is 336 g/mol. The van der Waals surface area contributed by atoms with Crippen molar-refractivity contribution in [3.63, 3.8) is 0 Å². The molecule has 0 bridgehead atoms. The van der Waals surface area contributed by atoms with E-state index in [2.05, 4.69) is 15.6 Å². The number of fused-ring (bicyclic) bond motifs is 1. The predicted octanol–water partition coefficient (Wildman–Crippen LogP) is 3.55. The van der Waals surface area contributed by atoms with E-state index in [1.165, 1.54) is 0 Å². The lowest BCUT2D eigenvalue weighted by Gasteiger charge is -2.08. The Kier molecular flexibility index (Phi) is 4.52. The molecule has 3 aromatic rings. The lowest BCUT2D eigenvalue weighted by atomic mass is 10.2. The van der Waals surface area contributed by atoms with Gasteiger partial charge in [-0.15, -0.1) is 0 Å². The van der Waals surface area contributed by atoms with Crippen molar-refractivity contribution in [2.75, 3.05) is 10.6 Å². The highest BCUT2D eigenvalue weighted by molar-refractivity contribution is 6.08. The van der Waals surface area contributed by atoms with Crippen LogP contribution in [-0.4, -0.2) is 21.2 Å². The van der Waals surface area contributed by atoms with Gasteiger partial charge in [-0.2, -0.15) is 0 Å². The van der Waals surface area contributed by atoms with Crippen LogP contribution in [0.1, 0.15) is 35.1 Å². The van der Waals surface area contributed by atoms with Gasteiger partial charge in [0, 0.05) is 35.4 Å². The first-order valence-electron chi connectivity index (χ1n) is 8.14. The van der Waals surface area contributed by atoms with Crippen LogP contribution < -0.4 is 10.6 Å². The lowest BCUT2D eigenvalue weighted by molar-refractivity contribution is -0.115. The van der Waals surface area contributed by atoms with Gasteiger partial charge in [-0.3, -0.25) is 9.59 Å². The average Bonchev–Trinajstić information content (AvgIpc) is 2.99. The molecule has 0 aliphatic heterocycles. The molecule has 0 aliphatic carbocycles. The van der Waals surface area contributed by atoms with E-state index in [1.54, 1.807) is 37.3 Å². The van der Waals surface area contributed by atoms with Crippen molar-refractivity contribution >= 4 is 28.8 Å². The molecule has 2 N–H and O–H groups in total. The molecule has 0 saturated heterocycles. The van der Waals surface area contributed by atoms with Crippen molar-refractivity contribution in [3.8, 4) is 0 Å². The molecule has 2 aromatic heterocycles. The molecule has 0 unspecified atom stereocenters. The van der Waals surface area contributed by atoms with E-state index < -0.39 is 0 Å². The van der Waals surface area contributed by atoms with Crippen LogP contribution in [0.25, 0.3) is 5.65 Å². The van der Waals surface area contributed by atoms with Crippen LogP contribution in [0.2, 0.25) is 0 Å². The van der Waals surface area contributed by atoms with Crippen molar-refractivity contribution in [3.05, 3.63) is 59.5 Å². The first kappa shape index (κ1) is 16.7. The molecule has 3 rings (SSSR count). The van der Waals surface area contributed by atoms with Gasteiger partial charge in [0.15, 0.2) is 0 Å². The summed E-state index contributed by atoms with van der Waals surface area (Å²) in [6.45, 7) is 5.67. The molecule has 0 aliphatic rings. The number of nitrogens with one attached hydrogen (secondary N) is 2. The van der Waals surface area contributed by atoms with Crippen molar-refractivity contribution in [2.24, 2.45) is 0 Å². The third kappa shape index (κ3) is 3.52. The summed E-state index contributed by atoms with van der Waals surface area (Å²) in [7, 11) is 0. The van der Waals surface area contributed by atoms with E-state index in [-0.39, 0.29) is 11.8 Å². The van der Waals surface area contributed by atoms with Crippen LogP contribution >= 0.6 is 0 Å². The SMILES string of the molecule is CCC(=O)Nc1cccc(NC(=O)c2ccn3c(C)cc(C)nc23)c1. The first-order valence-corrected chi connectivity index (χ1v) is 8.14. The molecule has 0 atom stereocenters. The summed E-state index contributed by atoms with van der Waals surface area (Å²) < 4.78 is 1.89. The summed E-state index contributed by atoms with van der Waals surface area (Å²) in [5.41, 5.74) is 4.28. The second-order valence-corrected chi connectivity index (χ2v) is 5.90. The number of anilines is 2. The molecular weight excluding hydrogens is 316 g/mol. The van der Waals surface area contributed by atoms with Crippen molar-refractivity contribution in [1.29, 1.82) is 0 Å². The minimum absolute atomic E-state index is 0.0722. The predicted molar refractivity (Wildman–Crippen MR) is 98.0 cm³/mol. The molecule has 6 heteroatoms. The Bertz CT molecular complexity index is 959. The molecule has 2 amide bonds. The van der Waals surface area contributed by atoms with E-state index in [0.29, 0.717) is 29.0 Å². The third-order valence-corrected chi connectivity index (χ3v) is 3.91. The number of aromatic nitrogens is 2. The fraction of sp³-hybridized carbons (Fsp3) is 0.211. The highest BCUT2D eigenvalue weighted by Gasteiger charge is 2.14. The first-order chi connectivity index (χ1) is 12.0. The zero-order valence-electron chi connectivity index (χ0n) is 14.5. The molecule has 0 spiro atoms. The highest BCUT2D eigenvalue weighted by Crippen LogP contribution is 2.19. The molecular formula is C19H20N4O2. The molecule has 25 heavy (non-hydrogen) atoms. The second-order valence-electron chi connectivity index (χ2n) is 5.90. The summed E-state index contributed by atoms with van der Waals surface area (Å²) in [6.07, 6.45) is 2.24. The largest absolute Gasteiger partial charge is 0.326 e. The standard InChI is InChI=1S/C19H20N4O2/c1-4-17(24)21-14-6-5-7-15(11-14)22-19(25)16-8-9-23-13(3)10-12(2)20-18(16)23/h5-11H,4H2,1-3H3,(H,21,24)(H,22,25). The topological polar surface area (TPSA) is 75.5 Å². The van der Waals surface area contributed by atoms with Gasteiger partial charge in [-0.25, -0.2) is 4.98 Å². The maximum atomic E-state index is 12.6. The zero-order valence-corrected chi connectivity index (χ0v) is 14.5. The van der Waals surface area contributed by atoms with E-state index in [4.69, 9.17) is 0 Å². The van der Waals surface area contributed by atoms with Crippen LogP contribution in [0.5, 0.6) is 0 Å². The summed E-state index contributed by atoms with van der Waals surface area (Å²) in [5.74, 6) is -0.309. The number of hydrogen-bond acceptors (Lipinski definition) is 3. The van der Waals surface area contributed by atoms with Crippen LogP contribution in [-0.2, 0) is 4.79 Å². The molecule has 6 nitrogen and oxygen atoms in total. The Morgan fingerprint density at radius 3 is 2.52 bits per heavy atom. The molecule has 2 heterocycles. The van der Waals surface area contributed by atoms with Crippen LogP contribution in [0.4, 0.5) is 11.4 Å². The fourth-order valence-electron chi connectivity index (χ4n) is 2.69. The van der Waals surface area contributed by atoms with Gasteiger partial charge in [0.1, 0.15) is 5.65 Å². The Balaban J connectivity index is 1.86. The molecule has 0 fully saturated rings. The van der Waals surface area contributed by atoms with E-state index in [9.17, 15) is 9.59 Å². The second kappa shape index (κ2) is 6.76. The number of aryl methyl sites for hydroxylation is 2. The molecule has 128 valence electrons. The van der Waals surface area contributed by atoms with Crippen molar-refractivity contribution < 1.29 is 9.59 Å². The number of carbonyl (C=O) groups excluding carboxylic acids is 2. The minimum Gasteiger partial charge on any atom is -0.326 e. The minimum atomic E-state index is -0.237. The smallest absolute Gasteiger partial charge is 0.259 e. The van der Waals surface area contributed by atoms with Gasteiger partial charge in [0.05, 0.1) is 5.56 Å². The Hall–Kier alpha value is -3.15. The number of rotatable bonds is 4. The van der Waals surface area contributed by atoms with Crippen molar-refractivity contribution in [2.45, 2.75) is 27.2 Å². The van der Waals surface area contributed by atoms with Gasteiger partial charge in [0.25, 0.3) is 5.91 Å². The Labute approximate surface area is 145 Å². The Morgan fingerprint density at radius 1 is 1.08 bits per heavy atom. The average molecular weight is 336 g/mol. The number of benzene rings is 1. The number of hydrogen-bond donors (Lipinski definition) is 2. The third-order valence-electron chi connectivity index (χ3n) is 3.91. The van der Waals surface area contributed by atoms with Gasteiger partial charge in [-0.1, -0.05) is 13.0 Å². The summed E-state index contributed by atoms with van der Waals surface area (Å²) in [5, 5.41) is 5.64. The van der Waals surface area contributed by atoms with E-state index in [0.717, 1.165) is 11.4 Å². The van der Waals surface area contributed by atoms with E-state index in [1.807, 2.05) is 30.5 Å². The van der Waals surface area contributed by atoms with Crippen LogP contribution in [0, 0.1) is 13.8 Å².